The summed E-state index contributed by atoms with van der Waals surface area (Å²) in [5, 5.41) is 2.50. The maximum Gasteiger partial charge on any atom is 0.416 e. The van der Waals surface area contributed by atoms with E-state index < -0.39 is 21.8 Å². The molecule has 114 valence electrons. The van der Waals surface area contributed by atoms with E-state index in [0.29, 0.717) is 0 Å². The second kappa shape index (κ2) is 6.24. The lowest BCUT2D eigenvalue weighted by molar-refractivity contribution is -0.137. The molecule has 0 aromatic carbocycles. The fraction of sp³-hybridized carbons (Fsp3) is 0.444. The lowest BCUT2D eigenvalue weighted by Crippen LogP contribution is -2.26. The zero-order valence-electron chi connectivity index (χ0n) is 10.5. The van der Waals surface area contributed by atoms with Gasteiger partial charge in [0.1, 0.15) is 11.6 Å². The van der Waals surface area contributed by atoms with E-state index in [-0.39, 0.29) is 23.9 Å². The standard InChI is InChI=1S/C9H14F3N5O2S/c1-14-20(18,19)3-2-15-7-4-6(9(10,11)12)5-8(16-7)17-13/h4-5,14H,2-3,13H2,1H3,(H2,15,16,17). The number of pyridine rings is 1. The molecule has 0 saturated carbocycles. The van der Waals surface area contributed by atoms with Crippen LogP contribution in [0.15, 0.2) is 12.1 Å². The zero-order chi connectivity index (χ0) is 15.4. The summed E-state index contributed by atoms with van der Waals surface area (Å²) in [6.45, 7) is -0.0957. The van der Waals surface area contributed by atoms with E-state index in [0.717, 1.165) is 12.1 Å². The molecule has 0 aliphatic rings. The number of hydrogen-bond acceptors (Lipinski definition) is 6. The van der Waals surface area contributed by atoms with E-state index in [1.165, 1.54) is 7.05 Å². The lowest BCUT2D eigenvalue weighted by Gasteiger charge is -2.12. The fourth-order valence-corrected chi connectivity index (χ4v) is 1.85. The first-order valence-corrected chi connectivity index (χ1v) is 7.04. The van der Waals surface area contributed by atoms with Crippen LogP contribution in [0.3, 0.4) is 0 Å². The largest absolute Gasteiger partial charge is 0.416 e. The van der Waals surface area contributed by atoms with Gasteiger partial charge in [-0.15, -0.1) is 0 Å². The van der Waals surface area contributed by atoms with E-state index in [1.54, 1.807) is 0 Å². The Morgan fingerprint density at radius 1 is 1.30 bits per heavy atom. The summed E-state index contributed by atoms with van der Waals surface area (Å²) in [6.07, 6.45) is -4.55. The number of rotatable bonds is 6. The SMILES string of the molecule is CNS(=O)(=O)CCNc1cc(C(F)(F)F)cc(NN)n1. The Morgan fingerprint density at radius 3 is 2.40 bits per heavy atom. The minimum Gasteiger partial charge on any atom is -0.369 e. The van der Waals surface area contributed by atoms with Gasteiger partial charge in [0, 0.05) is 6.54 Å². The van der Waals surface area contributed by atoms with Crippen molar-refractivity contribution in [2.75, 3.05) is 30.1 Å². The van der Waals surface area contributed by atoms with Gasteiger partial charge in [0.2, 0.25) is 10.0 Å². The summed E-state index contributed by atoms with van der Waals surface area (Å²) in [7, 11) is -2.20. The topological polar surface area (TPSA) is 109 Å². The molecule has 0 atom stereocenters. The summed E-state index contributed by atoms with van der Waals surface area (Å²) >= 11 is 0. The Hall–Kier alpha value is -1.59. The molecule has 11 heteroatoms. The molecule has 1 rings (SSSR count). The molecule has 0 saturated heterocycles. The van der Waals surface area contributed by atoms with E-state index in [9.17, 15) is 21.6 Å². The molecule has 0 aliphatic heterocycles. The molecular formula is C9H14F3N5O2S. The van der Waals surface area contributed by atoms with Gasteiger partial charge in [-0.05, 0) is 19.2 Å². The smallest absolute Gasteiger partial charge is 0.369 e. The maximum atomic E-state index is 12.6. The Kier molecular flexibility index (Phi) is 5.14. The van der Waals surface area contributed by atoms with Crippen molar-refractivity contribution in [1.29, 1.82) is 0 Å². The molecule has 0 aliphatic carbocycles. The van der Waals surface area contributed by atoms with Crippen LogP contribution < -0.4 is 21.3 Å². The third kappa shape index (κ3) is 4.83. The van der Waals surface area contributed by atoms with Gasteiger partial charge in [-0.25, -0.2) is 24.0 Å². The monoisotopic (exact) mass is 313 g/mol. The number of aromatic nitrogens is 1. The van der Waals surface area contributed by atoms with Gasteiger partial charge in [-0.1, -0.05) is 0 Å². The summed E-state index contributed by atoms with van der Waals surface area (Å²) in [4.78, 5) is 3.75. The first kappa shape index (κ1) is 16.5. The zero-order valence-corrected chi connectivity index (χ0v) is 11.3. The van der Waals surface area contributed by atoms with Crippen LogP contribution in [-0.4, -0.2) is 32.7 Å². The van der Waals surface area contributed by atoms with Gasteiger partial charge in [-0.3, -0.25) is 0 Å². The Labute approximate surface area is 113 Å². The number of hydrogen-bond donors (Lipinski definition) is 4. The number of nitrogens with two attached hydrogens (primary N) is 1. The molecule has 0 bridgehead atoms. The van der Waals surface area contributed by atoms with Gasteiger partial charge >= 0.3 is 6.18 Å². The van der Waals surface area contributed by atoms with Crippen molar-refractivity contribution in [2.24, 2.45) is 5.84 Å². The summed E-state index contributed by atoms with van der Waals surface area (Å²) in [5.41, 5.74) is 1.07. The van der Waals surface area contributed by atoms with E-state index in [2.05, 4.69) is 15.0 Å². The Balaban J connectivity index is 2.85. The highest BCUT2D eigenvalue weighted by molar-refractivity contribution is 7.89. The van der Waals surface area contributed by atoms with Crippen LogP contribution in [0.25, 0.3) is 0 Å². The van der Waals surface area contributed by atoms with Gasteiger partial charge < -0.3 is 10.7 Å². The summed E-state index contributed by atoms with van der Waals surface area (Å²) in [6, 6.07) is 1.52. The number of anilines is 2. The molecule has 1 aromatic heterocycles. The van der Waals surface area contributed by atoms with E-state index in [4.69, 9.17) is 5.84 Å². The van der Waals surface area contributed by atoms with Crippen LogP contribution in [0.1, 0.15) is 5.56 Å². The van der Waals surface area contributed by atoms with Crippen molar-refractivity contribution in [2.45, 2.75) is 6.18 Å². The van der Waals surface area contributed by atoms with Crippen molar-refractivity contribution in [3.8, 4) is 0 Å². The predicted molar refractivity (Wildman–Crippen MR) is 68.4 cm³/mol. The molecule has 7 nitrogen and oxygen atoms in total. The molecule has 1 heterocycles. The van der Waals surface area contributed by atoms with Crippen molar-refractivity contribution >= 4 is 21.7 Å². The normalized spacial score (nSPS) is 12.2. The second-order valence-corrected chi connectivity index (χ2v) is 5.76. The third-order valence-electron chi connectivity index (χ3n) is 2.29. The predicted octanol–water partition coefficient (Wildman–Crippen LogP) is 0.347. The number of halogens is 3. The maximum absolute atomic E-state index is 12.6. The highest BCUT2D eigenvalue weighted by Crippen LogP contribution is 2.31. The number of sulfonamides is 1. The van der Waals surface area contributed by atoms with Gasteiger partial charge in [0.15, 0.2) is 0 Å². The molecule has 1 aromatic rings. The Bertz CT molecular complexity index is 561. The second-order valence-electron chi connectivity index (χ2n) is 3.72. The fourth-order valence-electron chi connectivity index (χ4n) is 1.27. The van der Waals surface area contributed by atoms with Crippen LogP contribution in [-0.2, 0) is 16.2 Å². The van der Waals surface area contributed by atoms with Crippen molar-refractivity contribution in [1.82, 2.24) is 9.71 Å². The molecule has 0 amide bonds. The minimum absolute atomic E-state index is 0.0957. The number of alkyl halides is 3. The van der Waals surface area contributed by atoms with E-state index >= 15 is 0 Å². The average Bonchev–Trinajstić information content (AvgIpc) is 2.37. The molecule has 0 unspecified atom stereocenters. The Morgan fingerprint density at radius 2 is 1.90 bits per heavy atom. The van der Waals surface area contributed by atoms with Gasteiger partial charge in [0.05, 0.1) is 11.3 Å². The lowest BCUT2D eigenvalue weighted by atomic mass is 10.2. The number of nitrogen functional groups attached to an aromatic ring is 1. The van der Waals surface area contributed by atoms with Crippen molar-refractivity contribution in [3.63, 3.8) is 0 Å². The summed E-state index contributed by atoms with van der Waals surface area (Å²) < 4.78 is 62.3. The van der Waals surface area contributed by atoms with Crippen LogP contribution in [0.4, 0.5) is 24.8 Å². The highest BCUT2D eigenvalue weighted by atomic mass is 32.2. The van der Waals surface area contributed by atoms with Crippen LogP contribution in [0, 0.1) is 0 Å². The minimum atomic E-state index is -4.55. The molecule has 0 fully saturated rings. The van der Waals surface area contributed by atoms with Gasteiger partial charge in [-0.2, -0.15) is 13.2 Å². The van der Waals surface area contributed by atoms with E-state index in [1.807, 2.05) is 5.43 Å². The molecular weight excluding hydrogens is 299 g/mol. The van der Waals surface area contributed by atoms with Crippen molar-refractivity contribution < 1.29 is 21.6 Å². The molecule has 5 N–H and O–H groups in total. The van der Waals surface area contributed by atoms with Crippen molar-refractivity contribution in [3.05, 3.63) is 17.7 Å². The summed E-state index contributed by atoms with van der Waals surface area (Å²) in [5.74, 6) is 4.43. The quantitative estimate of drug-likeness (QED) is 0.446. The van der Waals surface area contributed by atoms with Crippen LogP contribution >= 0.6 is 0 Å². The molecule has 0 radical (unpaired) electrons. The van der Waals surface area contributed by atoms with Crippen LogP contribution in [0.5, 0.6) is 0 Å². The number of nitrogens with one attached hydrogen (secondary N) is 3. The first-order valence-electron chi connectivity index (χ1n) is 5.39. The highest BCUT2D eigenvalue weighted by Gasteiger charge is 2.31. The number of nitrogens with zero attached hydrogens (tertiary/aromatic N) is 1. The van der Waals surface area contributed by atoms with Crippen LogP contribution in [0.2, 0.25) is 0 Å². The van der Waals surface area contributed by atoms with Gasteiger partial charge in [0.25, 0.3) is 0 Å². The average molecular weight is 313 g/mol. The number of hydrazine groups is 1. The first-order chi connectivity index (χ1) is 9.18. The molecule has 20 heavy (non-hydrogen) atoms. The molecule has 0 spiro atoms. The third-order valence-corrected chi connectivity index (χ3v) is 3.65.